The van der Waals surface area contributed by atoms with E-state index in [0.29, 0.717) is 5.56 Å². The number of phenols is 2. The summed E-state index contributed by atoms with van der Waals surface area (Å²) in [7, 11) is 0. The molecule has 0 bridgehead atoms. The summed E-state index contributed by atoms with van der Waals surface area (Å²) < 4.78 is 0. The number of Topliss-reactive ketones (excluding diaryl/α,β-unsaturated/α-hetero) is 1. The lowest BCUT2D eigenvalue weighted by atomic mass is 9.98. The molecule has 92 valence electrons. The molecule has 1 unspecified atom stereocenters. The molecule has 4 heteroatoms. The van der Waals surface area contributed by atoms with Gasteiger partial charge in [0.15, 0.2) is 0 Å². The molecule has 0 saturated carbocycles. The van der Waals surface area contributed by atoms with Crippen LogP contribution in [0.2, 0.25) is 0 Å². The fourth-order valence-corrected chi connectivity index (χ4v) is 1.70. The molecular weight excluding hydrogens is 232 g/mol. The van der Waals surface area contributed by atoms with Gasteiger partial charge in [0.2, 0.25) is 5.78 Å². The fourth-order valence-electron chi connectivity index (χ4n) is 1.70. The minimum atomic E-state index is -1.41. The molecule has 2 aromatic rings. The van der Waals surface area contributed by atoms with Crippen LogP contribution in [0.3, 0.4) is 0 Å². The number of carbonyl (C=O) groups is 1. The van der Waals surface area contributed by atoms with Crippen molar-refractivity contribution in [3.05, 3.63) is 59.7 Å². The van der Waals surface area contributed by atoms with Crippen molar-refractivity contribution >= 4 is 5.78 Å². The molecule has 4 nitrogen and oxygen atoms in total. The Morgan fingerprint density at radius 1 is 0.889 bits per heavy atom. The van der Waals surface area contributed by atoms with E-state index in [4.69, 9.17) is 0 Å². The monoisotopic (exact) mass is 244 g/mol. The summed E-state index contributed by atoms with van der Waals surface area (Å²) in [5.41, 5.74) is 0.138. The lowest BCUT2D eigenvalue weighted by Gasteiger charge is -2.12. The van der Waals surface area contributed by atoms with Gasteiger partial charge in [-0.1, -0.05) is 36.4 Å². The average molecular weight is 244 g/mol. The van der Waals surface area contributed by atoms with Gasteiger partial charge in [0, 0.05) is 0 Å². The molecule has 0 heterocycles. The van der Waals surface area contributed by atoms with Crippen LogP contribution in [0.1, 0.15) is 22.0 Å². The van der Waals surface area contributed by atoms with Gasteiger partial charge >= 0.3 is 0 Å². The van der Waals surface area contributed by atoms with Crippen molar-refractivity contribution < 1.29 is 20.1 Å². The maximum atomic E-state index is 12.0. The summed E-state index contributed by atoms with van der Waals surface area (Å²) in [5.74, 6) is -1.44. The van der Waals surface area contributed by atoms with Gasteiger partial charge in [-0.15, -0.1) is 0 Å². The molecular formula is C14H12O4. The minimum absolute atomic E-state index is 0.270. The third kappa shape index (κ3) is 2.19. The van der Waals surface area contributed by atoms with Crippen molar-refractivity contribution in [1.82, 2.24) is 0 Å². The van der Waals surface area contributed by atoms with Crippen molar-refractivity contribution in [2.75, 3.05) is 0 Å². The van der Waals surface area contributed by atoms with Crippen LogP contribution in [0.4, 0.5) is 0 Å². The second-order valence-corrected chi connectivity index (χ2v) is 3.85. The van der Waals surface area contributed by atoms with Crippen LogP contribution in [0.15, 0.2) is 48.5 Å². The first-order valence-electron chi connectivity index (χ1n) is 5.39. The van der Waals surface area contributed by atoms with Crippen molar-refractivity contribution in [3.8, 4) is 11.5 Å². The number of aromatic hydroxyl groups is 2. The first-order valence-corrected chi connectivity index (χ1v) is 5.39. The molecule has 0 saturated heterocycles. The third-order valence-electron chi connectivity index (χ3n) is 2.63. The number of ketones is 1. The molecule has 0 aliphatic carbocycles. The molecule has 0 amide bonds. The second-order valence-electron chi connectivity index (χ2n) is 3.85. The van der Waals surface area contributed by atoms with Crippen molar-refractivity contribution in [3.63, 3.8) is 0 Å². The first-order chi connectivity index (χ1) is 8.61. The van der Waals surface area contributed by atoms with Crippen molar-refractivity contribution in [2.24, 2.45) is 0 Å². The summed E-state index contributed by atoms with van der Waals surface area (Å²) in [6, 6.07) is 12.3. The smallest absolute Gasteiger partial charge is 0.203 e. The van der Waals surface area contributed by atoms with Gasteiger partial charge in [-0.2, -0.15) is 0 Å². The molecule has 0 aromatic heterocycles. The fraction of sp³-hybridized carbons (Fsp3) is 0.0714. The lowest BCUT2D eigenvalue weighted by Crippen LogP contribution is -2.12. The van der Waals surface area contributed by atoms with Gasteiger partial charge in [0.1, 0.15) is 23.2 Å². The highest BCUT2D eigenvalue weighted by atomic mass is 16.3. The lowest BCUT2D eigenvalue weighted by molar-refractivity contribution is 0.0741. The highest BCUT2D eigenvalue weighted by Gasteiger charge is 2.24. The highest BCUT2D eigenvalue weighted by Crippen LogP contribution is 2.30. The molecule has 18 heavy (non-hydrogen) atoms. The van der Waals surface area contributed by atoms with Crippen LogP contribution in [0, 0.1) is 0 Å². The van der Waals surface area contributed by atoms with Crippen molar-refractivity contribution in [1.29, 1.82) is 0 Å². The molecule has 0 fully saturated rings. The highest BCUT2D eigenvalue weighted by molar-refractivity contribution is 6.04. The number of carbonyl (C=O) groups excluding carboxylic acids is 1. The second kappa shape index (κ2) is 4.89. The summed E-state index contributed by atoms with van der Waals surface area (Å²) >= 11 is 0. The van der Waals surface area contributed by atoms with Gasteiger partial charge in [0.25, 0.3) is 0 Å². The molecule has 0 aliphatic heterocycles. The number of phenolic OH excluding ortho intramolecular Hbond substituents is 2. The number of rotatable bonds is 3. The first kappa shape index (κ1) is 12.1. The summed E-state index contributed by atoms with van der Waals surface area (Å²) in [5, 5.41) is 29.1. The Balaban J connectivity index is 2.38. The van der Waals surface area contributed by atoms with Gasteiger partial charge in [0.05, 0.1) is 0 Å². The Bertz CT molecular complexity index is 543. The minimum Gasteiger partial charge on any atom is -0.507 e. The van der Waals surface area contributed by atoms with Crippen LogP contribution in [0.5, 0.6) is 11.5 Å². The largest absolute Gasteiger partial charge is 0.507 e. The number of aliphatic hydroxyl groups is 1. The molecule has 2 rings (SSSR count). The molecule has 2 aromatic carbocycles. The van der Waals surface area contributed by atoms with Gasteiger partial charge < -0.3 is 15.3 Å². The Kier molecular flexibility index (Phi) is 3.30. The van der Waals surface area contributed by atoms with Crippen LogP contribution in [-0.2, 0) is 0 Å². The Labute approximate surface area is 104 Å². The maximum absolute atomic E-state index is 12.0. The Morgan fingerprint density at radius 3 is 2.00 bits per heavy atom. The zero-order valence-corrected chi connectivity index (χ0v) is 9.45. The predicted octanol–water partition coefficient (Wildman–Crippen LogP) is 2.01. The van der Waals surface area contributed by atoms with E-state index in [1.165, 1.54) is 18.2 Å². The van der Waals surface area contributed by atoms with E-state index in [2.05, 4.69) is 0 Å². The van der Waals surface area contributed by atoms with Crippen LogP contribution in [0.25, 0.3) is 0 Å². The van der Waals surface area contributed by atoms with E-state index in [9.17, 15) is 20.1 Å². The number of hydrogen-bond acceptors (Lipinski definition) is 4. The summed E-state index contributed by atoms with van der Waals surface area (Å²) in [6.45, 7) is 0. The van der Waals surface area contributed by atoms with Gasteiger partial charge in [-0.25, -0.2) is 0 Å². The molecule has 0 spiro atoms. The normalized spacial score (nSPS) is 12.1. The third-order valence-corrected chi connectivity index (χ3v) is 2.63. The number of aliphatic hydroxyl groups excluding tert-OH is 1. The van der Waals surface area contributed by atoms with E-state index in [-0.39, 0.29) is 17.1 Å². The predicted molar refractivity (Wildman–Crippen MR) is 65.5 cm³/mol. The Hall–Kier alpha value is -2.33. The van der Waals surface area contributed by atoms with E-state index in [1.807, 2.05) is 0 Å². The number of hydrogen-bond donors (Lipinski definition) is 3. The molecule has 3 N–H and O–H groups in total. The zero-order valence-electron chi connectivity index (χ0n) is 9.45. The summed E-state index contributed by atoms with van der Waals surface area (Å²) in [4.78, 5) is 12.0. The van der Waals surface area contributed by atoms with E-state index in [0.717, 1.165) is 0 Å². The van der Waals surface area contributed by atoms with Crippen molar-refractivity contribution in [2.45, 2.75) is 6.10 Å². The molecule has 0 radical (unpaired) electrons. The zero-order chi connectivity index (χ0) is 13.1. The average Bonchev–Trinajstić information content (AvgIpc) is 2.38. The quantitative estimate of drug-likeness (QED) is 0.722. The van der Waals surface area contributed by atoms with E-state index >= 15 is 0 Å². The maximum Gasteiger partial charge on any atom is 0.203 e. The summed E-state index contributed by atoms with van der Waals surface area (Å²) in [6.07, 6.45) is -1.41. The number of benzene rings is 2. The molecule has 1 atom stereocenters. The van der Waals surface area contributed by atoms with Crippen LogP contribution < -0.4 is 0 Å². The van der Waals surface area contributed by atoms with Gasteiger partial charge in [-0.3, -0.25) is 4.79 Å². The van der Waals surface area contributed by atoms with E-state index < -0.39 is 11.9 Å². The Morgan fingerprint density at radius 2 is 1.44 bits per heavy atom. The van der Waals surface area contributed by atoms with Gasteiger partial charge in [-0.05, 0) is 17.7 Å². The topological polar surface area (TPSA) is 77.8 Å². The van der Waals surface area contributed by atoms with E-state index in [1.54, 1.807) is 30.3 Å². The molecule has 0 aliphatic rings. The van der Waals surface area contributed by atoms with Crippen LogP contribution >= 0.6 is 0 Å². The standard InChI is InChI=1S/C14H12O4/c15-10-7-4-8-11(16)12(10)14(18)13(17)9-5-2-1-3-6-9/h1-8,13,15-17H. The van der Waals surface area contributed by atoms with Crippen LogP contribution in [-0.4, -0.2) is 21.1 Å². The SMILES string of the molecule is O=C(c1c(O)cccc1O)C(O)c1ccccc1.